The highest BCUT2D eigenvalue weighted by Crippen LogP contribution is 2.60. The lowest BCUT2D eigenvalue weighted by molar-refractivity contribution is -0.145. The molecule has 0 radical (unpaired) electrons. The van der Waals surface area contributed by atoms with E-state index in [1.807, 2.05) is 12.1 Å². The van der Waals surface area contributed by atoms with Gasteiger partial charge in [0.2, 0.25) is 0 Å². The van der Waals surface area contributed by atoms with Gasteiger partial charge in [-0.1, -0.05) is 12.1 Å². The highest BCUT2D eigenvalue weighted by atomic mass is 16.5. The maximum Gasteiger partial charge on any atom is 0.306 e. The van der Waals surface area contributed by atoms with Gasteiger partial charge in [0.1, 0.15) is 12.4 Å². The summed E-state index contributed by atoms with van der Waals surface area (Å²) in [5.41, 5.74) is 2.91. The predicted octanol–water partition coefficient (Wildman–Crippen LogP) is 5.45. The zero-order chi connectivity index (χ0) is 20.4. The third kappa shape index (κ3) is 4.23. The van der Waals surface area contributed by atoms with Gasteiger partial charge < -0.3 is 9.47 Å². The van der Waals surface area contributed by atoms with Crippen molar-refractivity contribution >= 4 is 5.97 Å². The number of nitrogens with zero attached hydrogens (tertiary/aromatic N) is 1. The maximum atomic E-state index is 11.9. The van der Waals surface area contributed by atoms with Crippen LogP contribution in [0.15, 0.2) is 48.8 Å². The van der Waals surface area contributed by atoms with Crippen LogP contribution in [0.5, 0.6) is 5.75 Å². The van der Waals surface area contributed by atoms with Crippen molar-refractivity contribution in [3.8, 4) is 5.75 Å². The Kier molecular flexibility index (Phi) is 5.49. The van der Waals surface area contributed by atoms with Crippen LogP contribution in [-0.4, -0.2) is 17.6 Å². The molecule has 4 bridgehead atoms. The van der Waals surface area contributed by atoms with Crippen LogP contribution in [0.2, 0.25) is 0 Å². The second-order valence-electron chi connectivity index (χ2n) is 9.69. The Bertz CT molecular complexity index is 826. The third-order valence-electron chi connectivity index (χ3n) is 7.45. The summed E-state index contributed by atoms with van der Waals surface area (Å²) in [6.07, 6.45) is 13.0. The summed E-state index contributed by atoms with van der Waals surface area (Å²) >= 11 is 0. The van der Waals surface area contributed by atoms with E-state index in [0.717, 1.165) is 29.1 Å². The first-order valence-corrected chi connectivity index (χ1v) is 11.5. The van der Waals surface area contributed by atoms with Crippen LogP contribution < -0.4 is 4.74 Å². The van der Waals surface area contributed by atoms with Gasteiger partial charge in [0, 0.05) is 18.8 Å². The van der Waals surface area contributed by atoms with Crippen molar-refractivity contribution in [2.45, 2.75) is 63.4 Å². The molecule has 0 unspecified atom stereocenters. The number of rotatable bonds is 8. The maximum absolute atomic E-state index is 11.9. The summed E-state index contributed by atoms with van der Waals surface area (Å²) in [6.45, 7) is 0.828. The molecular weight excluding hydrogens is 374 g/mol. The first kappa shape index (κ1) is 19.6. The standard InChI is InChI=1S/C26H31NO3/c28-25(30-18-19-7-9-27-10-8-19)2-1-11-29-24-5-3-23(4-6-24)26-15-20-12-21(16-26)14-22(13-20)17-26/h3-10,20-22H,1-2,11-18H2. The molecule has 4 heteroatoms. The predicted molar refractivity (Wildman–Crippen MR) is 115 cm³/mol. The minimum atomic E-state index is -0.187. The number of esters is 1. The monoisotopic (exact) mass is 405 g/mol. The van der Waals surface area contributed by atoms with Gasteiger partial charge in [0.25, 0.3) is 0 Å². The molecule has 1 heterocycles. The zero-order valence-corrected chi connectivity index (χ0v) is 17.6. The van der Waals surface area contributed by atoms with Gasteiger partial charge in [-0.3, -0.25) is 9.78 Å². The molecule has 0 aliphatic heterocycles. The summed E-state index contributed by atoms with van der Waals surface area (Å²) in [4.78, 5) is 15.8. The number of carbonyl (C=O) groups is 1. The molecule has 2 aromatic rings. The fourth-order valence-electron chi connectivity index (χ4n) is 6.49. The largest absolute Gasteiger partial charge is 0.494 e. The van der Waals surface area contributed by atoms with Crippen LogP contribution in [0.1, 0.15) is 62.5 Å². The minimum Gasteiger partial charge on any atom is -0.494 e. The molecule has 6 rings (SSSR count). The number of aromatic nitrogens is 1. The van der Waals surface area contributed by atoms with Gasteiger partial charge in [0.05, 0.1) is 6.61 Å². The van der Waals surface area contributed by atoms with Crippen LogP contribution in [0.4, 0.5) is 0 Å². The highest BCUT2D eigenvalue weighted by Gasteiger charge is 2.51. The topological polar surface area (TPSA) is 48.4 Å². The molecule has 0 saturated heterocycles. The van der Waals surface area contributed by atoms with E-state index in [9.17, 15) is 4.79 Å². The molecule has 4 aliphatic carbocycles. The normalized spacial score (nSPS) is 29.0. The van der Waals surface area contributed by atoms with Crippen molar-refractivity contribution in [3.63, 3.8) is 0 Å². The van der Waals surface area contributed by atoms with E-state index in [1.165, 1.54) is 44.1 Å². The van der Waals surface area contributed by atoms with E-state index in [4.69, 9.17) is 9.47 Å². The molecule has 158 valence electrons. The van der Waals surface area contributed by atoms with Crippen molar-refractivity contribution in [2.24, 2.45) is 17.8 Å². The van der Waals surface area contributed by atoms with Gasteiger partial charge in [-0.2, -0.15) is 0 Å². The molecule has 4 fully saturated rings. The summed E-state index contributed by atoms with van der Waals surface area (Å²) in [7, 11) is 0. The van der Waals surface area contributed by atoms with Crippen molar-refractivity contribution in [1.29, 1.82) is 0 Å². The van der Waals surface area contributed by atoms with Crippen molar-refractivity contribution in [3.05, 3.63) is 59.9 Å². The fourth-order valence-corrected chi connectivity index (χ4v) is 6.49. The second-order valence-corrected chi connectivity index (χ2v) is 9.69. The lowest BCUT2D eigenvalue weighted by atomic mass is 9.48. The fraction of sp³-hybridized carbons (Fsp3) is 0.538. The van der Waals surface area contributed by atoms with Gasteiger partial charge in [0.15, 0.2) is 0 Å². The average Bonchev–Trinajstić information content (AvgIpc) is 2.75. The van der Waals surface area contributed by atoms with Gasteiger partial charge in [-0.15, -0.1) is 0 Å². The van der Waals surface area contributed by atoms with Gasteiger partial charge in [-0.05, 0) is 104 Å². The Hall–Kier alpha value is -2.36. The van der Waals surface area contributed by atoms with Gasteiger partial charge in [-0.25, -0.2) is 0 Å². The molecule has 0 N–H and O–H groups in total. The number of hydrogen-bond donors (Lipinski definition) is 0. The lowest BCUT2D eigenvalue weighted by Gasteiger charge is -2.57. The number of carbonyl (C=O) groups excluding carboxylic acids is 1. The summed E-state index contributed by atoms with van der Waals surface area (Å²) in [5.74, 6) is 3.60. The smallest absolute Gasteiger partial charge is 0.306 e. The van der Waals surface area contributed by atoms with Crippen LogP contribution in [0.25, 0.3) is 0 Å². The molecule has 0 atom stereocenters. The Morgan fingerprint density at radius 2 is 1.57 bits per heavy atom. The van der Waals surface area contributed by atoms with Crippen LogP contribution in [-0.2, 0) is 21.6 Å². The minimum absolute atomic E-state index is 0.187. The van der Waals surface area contributed by atoms with Crippen LogP contribution >= 0.6 is 0 Å². The van der Waals surface area contributed by atoms with E-state index in [2.05, 4.69) is 29.2 Å². The molecule has 30 heavy (non-hydrogen) atoms. The number of ether oxygens (including phenoxy) is 2. The van der Waals surface area contributed by atoms with E-state index in [1.54, 1.807) is 12.4 Å². The van der Waals surface area contributed by atoms with E-state index >= 15 is 0 Å². The molecule has 1 aromatic heterocycles. The van der Waals surface area contributed by atoms with E-state index in [0.29, 0.717) is 31.5 Å². The van der Waals surface area contributed by atoms with E-state index in [-0.39, 0.29) is 5.97 Å². The van der Waals surface area contributed by atoms with Crippen LogP contribution in [0, 0.1) is 17.8 Å². The van der Waals surface area contributed by atoms with E-state index < -0.39 is 0 Å². The summed E-state index contributed by atoms with van der Waals surface area (Å²) in [5, 5.41) is 0. The molecule has 4 nitrogen and oxygen atoms in total. The Balaban J connectivity index is 1.07. The SMILES string of the molecule is O=C(CCCOc1ccc(C23CC4CC(CC(C4)C2)C3)cc1)OCc1ccncc1. The lowest BCUT2D eigenvalue weighted by Crippen LogP contribution is -2.48. The van der Waals surface area contributed by atoms with Crippen LogP contribution in [0.3, 0.4) is 0 Å². The third-order valence-corrected chi connectivity index (χ3v) is 7.45. The molecule has 0 amide bonds. The average molecular weight is 406 g/mol. The number of benzene rings is 1. The highest BCUT2D eigenvalue weighted by molar-refractivity contribution is 5.69. The molecular formula is C26H31NO3. The first-order chi connectivity index (χ1) is 14.7. The Labute approximate surface area is 179 Å². The number of hydrogen-bond acceptors (Lipinski definition) is 4. The van der Waals surface area contributed by atoms with Crippen molar-refractivity contribution < 1.29 is 14.3 Å². The molecule has 4 aliphatic rings. The first-order valence-electron chi connectivity index (χ1n) is 11.5. The number of pyridine rings is 1. The molecule has 4 saturated carbocycles. The van der Waals surface area contributed by atoms with Crippen molar-refractivity contribution in [2.75, 3.05) is 6.61 Å². The summed E-state index contributed by atoms with van der Waals surface area (Å²) in [6, 6.07) is 12.5. The van der Waals surface area contributed by atoms with Gasteiger partial charge >= 0.3 is 5.97 Å². The Morgan fingerprint density at radius 3 is 2.20 bits per heavy atom. The quantitative estimate of drug-likeness (QED) is 0.433. The molecule has 0 spiro atoms. The second kappa shape index (κ2) is 8.41. The van der Waals surface area contributed by atoms with Crippen molar-refractivity contribution in [1.82, 2.24) is 4.98 Å². The molecule has 1 aromatic carbocycles. The Morgan fingerprint density at radius 1 is 0.933 bits per heavy atom. The zero-order valence-electron chi connectivity index (χ0n) is 17.6. The summed E-state index contributed by atoms with van der Waals surface area (Å²) < 4.78 is 11.2.